The molecule has 0 N–H and O–H groups in total. The van der Waals surface area contributed by atoms with Crippen molar-refractivity contribution < 1.29 is 9.15 Å². The average Bonchev–Trinajstić information content (AvgIpc) is 2.96. The number of pyridine rings is 1. The number of hydrogen-bond donors (Lipinski definition) is 0. The van der Waals surface area contributed by atoms with Gasteiger partial charge >= 0.3 is 0 Å². The smallest absolute Gasteiger partial charge is 0.137 e. The number of hydrogen-bond acceptors (Lipinski definition) is 3. The van der Waals surface area contributed by atoms with Crippen LogP contribution in [0.1, 0.15) is 11.5 Å². The number of rotatable bonds is 3. The van der Waals surface area contributed by atoms with Crippen LogP contribution in [0, 0.1) is 0 Å². The zero-order valence-corrected chi connectivity index (χ0v) is 9.46. The highest BCUT2D eigenvalue weighted by molar-refractivity contribution is 5.43. The summed E-state index contributed by atoms with van der Waals surface area (Å²) in [6.07, 6.45) is 6.28. The fourth-order valence-corrected chi connectivity index (χ4v) is 1.82. The van der Waals surface area contributed by atoms with Gasteiger partial charge in [-0.25, -0.2) is 4.98 Å². The molecule has 3 heterocycles. The molecule has 0 bridgehead atoms. The van der Waals surface area contributed by atoms with E-state index in [1.54, 1.807) is 13.4 Å². The number of furan rings is 1. The number of imidazole rings is 1. The standard InChI is InChI=1S/C13H12N2O2/c1-16-12-4-5-13-14-10(8-15(13)9-12)7-11-3-2-6-17-11/h2-6,8-9H,7H2,1H3. The van der Waals surface area contributed by atoms with Crippen LogP contribution in [0.5, 0.6) is 5.75 Å². The topological polar surface area (TPSA) is 39.7 Å². The molecule has 0 aliphatic rings. The van der Waals surface area contributed by atoms with Crippen molar-refractivity contribution in [2.75, 3.05) is 7.11 Å². The molecule has 0 amide bonds. The van der Waals surface area contributed by atoms with E-state index in [-0.39, 0.29) is 0 Å². The summed E-state index contributed by atoms with van der Waals surface area (Å²) in [6, 6.07) is 7.67. The highest BCUT2D eigenvalue weighted by atomic mass is 16.5. The van der Waals surface area contributed by atoms with E-state index in [0.717, 1.165) is 22.9 Å². The van der Waals surface area contributed by atoms with Crippen molar-refractivity contribution in [2.24, 2.45) is 0 Å². The molecule has 17 heavy (non-hydrogen) atoms. The minimum absolute atomic E-state index is 0.705. The molecule has 0 atom stereocenters. The maximum absolute atomic E-state index is 5.30. The molecule has 0 aliphatic carbocycles. The predicted octanol–water partition coefficient (Wildman–Crippen LogP) is 2.53. The zero-order chi connectivity index (χ0) is 11.7. The monoisotopic (exact) mass is 228 g/mol. The van der Waals surface area contributed by atoms with Gasteiger partial charge in [-0.1, -0.05) is 0 Å². The summed E-state index contributed by atoms with van der Waals surface area (Å²) in [5, 5.41) is 0. The van der Waals surface area contributed by atoms with Gasteiger partial charge in [0.25, 0.3) is 0 Å². The van der Waals surface area contributed by atoms with Crippen LogP contribution in [0.3, 0.4) is 0 Å². The summed E-state index contributed by atoms with van der Waals surface area (Å²) in [4.78, 5) is 4.51. The van der Waals surface area contributed by atoms with Gasteiger partial charge in [-0.2, -0.15) is 0 Å². The third-order valence-electron chi connectivity index (χ3n) is 2.64. The Morgan fingerprint density at radius 1 is 1.29 bits per heavy atom. The fraction of sp³-hybridized carbons (Fsp3) is 0.154. The third-order valence-corrected chi connectivity index (χ3v) is 2.64. The molecule has 3 aromatic heterocycles. The zero-order valence-electron chi connectivity index (χ0n) is 9.46. The largest absolute Gasteiger partial charge is 0.495 e. The van der Waals surface area contributed by atoms with Crippen molar-refractivity contribution in [1.82, 2.24) is 9.38 Å². The van der Waals surface area contributed by atoms with E-state index in [1.165, 1.54) is 0 Å². The van der Waals surface area contributed by atoms with Gasteiger partial charge in [-0.15, -0.1) is 0 Å². The Kier molecular flexibility index (Phi) is 2.33. The van der Waals surface area contributed by atoms with Crippen LogP contribution >= 0.6 is 0 Å². The lowest BCUT2D eigenvalue weighted by atomic mass is 10.3. The minimum atomic E-state index is 0.705. The summed E-state index contributed by atoms with van der Waals surface area (Å²) in [5.41, 5.74) is 1.89. The van der Waals surface area contributed by atoms with Gasteiger partial charge in [0, 0.05) is 12.6 Å². The van der Waals surface area contributed by atoms with Crippen LogP contribution in [-0.4, -0.2) is 16.5 Å². The van der Waals surface area contributed by atoms with E-state index in [1.807, 2.05) is 41.1 Å². The van der Waals surface area contributed by atoms with Crippen LogP contribution < -0.4 is 4.74 Å². The Hall–Kier alpha value is -2.23. The quantitative estimate of drug-likeness (QED) is 0.691. The highest BCUT2D eigenvalue weighted by Gasteiger charge is 2.05. The summed E-state index contributed by atoms with van der Waals surface area (Å²) >= 11 is 0. The van der Waals surface area contributed by atoms with Gasteiger partial charge in [0.1, 0.15) is 17.2 Å². The molecule has 4 heteroatoms. The van der Waals surface area contributed by atoms with Crippen molar-refractivity contribution in [3.63, 3.8) is 0 Å². The fourth-order valence-electron chi connectivity index (χ4n) is 1.82. The molecule has 0 spiro atoms. The normalized spacial score (nSPS) is 10.9. The van der Waals surface area contributed by atoms with E-state index < -0.39 is 0 Å². The van der Waals surface area contributed by atoms with Gasteiger partial charge in [0.15, 0.2) is 0 Å². The molecule has 0 saturated carbocycles. The minimum Gasteiger partial charge on any atom is -0.495 e. The van der Waals surface area contributed by atoms with E-state index in [2.05, 4.69) is 4.98 Å². The second-order valence-corrected chi connectivity index (χ2v) is 3.82. The van der Waals surface area contributed by atoms with E-state index >= 15 is 0 Å². The summed E-state index contributed by atoms with van der Waals surface area (Å²) in [5.74, 6) is 1.74. The molecule has 0 aromatic carbocycles. The first-order valence-corrected chi connectivity index (χ1v) is 5.39. The molecular weight excluding hydrogens is 216 g/mol. The Labute approximate surface area is 98.5 Å². The first-order valence-electron chi connectivity index (χ1n) is 5.39. The van der Waals surface area contributed by atoms with E-state index in [0.29, 0.717) is 6.42 Å². The molecule has 0 aliphatic heterocycles. The Morgan fingerprint density at radius 3 is 3.00 bits per heavy atom. The summed E-state index contributed by atoms with van der Waals surface area (Å²) < 4.78 is 12.4. The van der Waals surface area contributed by atoms with Gasteiger partial charge in [-0.3, -0.25) is 0 Å². The lowest BCUT2D eigenvalue weighted by Crippen LogP contribution is -1.86. The van der Waals surface area contributed by atoms with Crippen LogP contribution in [0.15, 0.2) is 47.3 Å². The molecule has 0 radical (unpaired) electrons. The highest BCUT2D eigenvalue weighted by Crippen LogP contribution is 2.15. The Bertz CT molecular complexity index is 626. The third kappa shape index (κ3) is 1.89. The van der Waals surface area contributed by atoms with Crippen molar-refractivity contribution >= 4 is 5.65 Å². The van der Waals surface area contributed by atoms with Crippen molar-refractivity contribution in [1.29, 1.82) is 0 Å². The van der Waals surface area contributed by atoms with Gasteiger partial charge in [0.05, 0.1) is 25.3 Å². The van der Waals surface area contributed by atoms with Crippen molar-refractivity contribution in [3.8, 4) is 5.75 Å². The predicted molar refractivity (Wildman–Crippen MR) is 63.3 cm³/mol. The van der Waals surface area contributed by atoms with Crippen LogP contribution in [-0.2, 0) is 6.42 Å². The van der Waals surface area contributed by atoms with Crippen LogP contribution in [0.4, 0.5) is 0 Å². The van der Waals surface area contributed by atoms with Gasteiger partial charge < -0.3 is 13.6 Å². The average molecular weight is 228 g/mol. The second kappa shape index (κ2) is 3.97. The molecule has 0 saturated heterocycles. The number of fused-ring (bicyclic) bond motifs is 1. The maximum atomic E-state index is 5.30. The summed E-state index contributed by atoms with van der Waals surface area (Å²) in [6.45, 7) is 0. The first kappa shape index (κ1) is 9.96. The first-order chi connectivity index (χ1) is 8.35. The number of aromatic nitrogens is 2. The van der Waals surface area contributed by atoms with Crippen LogP contribution in [0.25, 0.3) is 5.65 Å². The Balaban J connectivity index is 1.96. The van der Waals surface area contributed by atoms with Gasteiger partial charge in [0.2, 0.25) is 0 Å². The van der Waals surface area contributed by atoms with E-state index in [9.17, 15) is 0 Å². The van der Waals surface area contributed by atoms with Gasteiger partial charge in [-0.05, 0) is 24.3 Å². The second-order valence-electron chi connectivity index (χ2n) is 3.82. The van der Waals surface area contributed by atoms with Crippen molar-refractivity contribution in [3.05, 3.63) is 54.4 Å². The molecule has 3 aromatic rings. The molecule has 0 fully saturated rings. The SMILES string of the molecule is COc1ccc2nc(Cc3ccco3)cn2c1. The van der Waals surface area contributed by atoms with Crippen molar-refractivity contribution in [2.45, 2.75) is 6.42 Å². The lowest BCUT2D eigenvalue weighted by Gasteiger charge is -1.98. The number of methoxy groups -OCH3 is 1. The van der Waals surface area contributed by atoms with Crippen LogP contribution in [0.2, 0.25) is 0 Å². The Morgan fingerprint density at radius 2 is 2.24 bits per heavy atom. The molecule has 86 valence electrons. The maximum Gasteiger partial charge on any atom is 0.137 e. The molecule has 3 rings (SSSR count). The molecule has 0 unspecified atom stereocenters. The lowest BCUT2D eigenvalue weighted by molar-refractivity contribution is 0.412. The molecular formula is C13H12N2O2. The summed E-state index contributed by atoms with van der Waals surface area (Å²) in [7, 11) is 1.65. The number of ether oxygens (including phenoxy) is 1. The molecule has 4 nitrogen and oxygen atoms in total. The number of nitrogens with zero attached hydrogens (tertiary/aromatic N) is 2. The van der Waals surface area contributed by atoms with E-state index in [4.69, 9.17) is 9.15 Å².